The number of hydrogen-bond donors (Lipinski definition) is 2. The maximum Gasteiger partial charge on any atom is 0.325 e. The molecule has 4 aliphatic carbocycles. The zero-order valence-electron chi connectivity index (χ0n) is 15.7. The lowest BCUT2D eigenvalue weighted by Gasteiger charge is -2.59. The first-order valence-corrected chi connectivity index (χ1v) is 9.76. The van der Waals surface area contributed by atoms with Gasteiger partial charge in [0.1, 0.15) is 18.2 Å². The molecule has 4 bridgehead atoms. The van der Waals surface area contributed by atoms with Gasteiger partial charge in [0, 0.05) is 12.2 Å². The second kappa shape index (κ2) is 7.69. The molecule has 6 heteroatoms. The number of carbonyl (C=O) groups excluding carboxylic acids is 2. The Kier molecular flexibility index (Phi) is 5.55. The molecular formula is C20H29N3O3. The van der Waals surface area contributed by atoms with Crippen LogP contribution < -0.4 is 10.6 Å². The fourth-order valence-corrected chi connectivity index (χ4v) is 5.73. The number of amides is 1. The summed E-state index contributed by atoms with van der Waals surface area (Å²) in [5, 5.41) is 15.0. The van der Waals surface area contributed by atoms with Crippen LogP contribution >= 0.6 is 0 Å². The van der Waals surface area contributed by atoms with Crippen molar-refractivity contribution in [3.05, 3.63) is 11.8 Å². The monoisotopic (exact) mass is 359 g/mol. The molecule has 4 fully saturated rings. The molecule has 0 radical (unpaired) electrons. The van der Waals surface area contributed by atoms with E-state index in [0.29, 0.717) is 6.61 Å². The normalized spacial score (nSPS) is 33.3. The van der Waals surface area contributed by atoms with E-state index in [2.05, 4.69) is 17.6 Å². The fourth-order valence-electron chi connectivity index (χ4n) is 5.73. The third-order valence-corrected chi connectivity index (χ3v) is 6.51. The minimum absolute atomic E-state index is 0.00845. The molecule has 1 amide bonds. The van der Waals surface area contributed by atoms with Crippen molar-refractivity contribution in [2.45, 2.75) is 58.4 Å². The quantitative estimate of drug-likeness (QED) is 0.413. The maximum atomic E-state index is 12.5. The van der Waals surface area contributed by atoms with Gasteiger partial charge < -0.3 is 15.4 Å². The number of nitriles is 1. The highest BCUT2D eigenvalue weighted by Gasteiger charge is 2.53. The third-order valence-electron chi connectivity index (χ3n) is 6.51. The lowest BCUT2D eigenvalue weighted by Crippen LogP contribution is -2.56. The van der Waals surface area contributed by atoms with Crippen LogP contribution in [0.15, 0.2) is 11.8 Å². The second-order valence-corrected chi connectivity index (χ2v) is 8.33. The van der Waals surface area contributed by atoms with Gasteiger partial charge in [-0.05, 0) is 75.5 Å². The van der Waals surface area contributed by atoms with Gasteiger partial charge in [0.05, 0.1) is 6.61 Å². The lowest BCUT2D eigenvalue weighted by molar-refractivity contribution is -0.141. The summed E-state index contributed by atoms with van der Waals surface area (Å²) in [6.07, 6.45) is 9.00. The van der Waals surface area contributed by atoms with Crippen molar-refractivity contribution in [2.24, 2.45) is 23.2 Å². The number of ether oxygens (including phenoxy) is 1. The van der Waals surface area contributed by atoms with Gasteiger partial charge in [-0.1, -0.05) is 0 Å². The Bertz CT molecular complexity index is 599. The van der Waals surface area contributed by atoms with Gasteiger partial charge in [-0.15, -0.1) is 0 Å². The van der Waals surface area contributed by atoms with Crippen molar-refractivity contribution in [3.63, 3.8) is 0 Å². The molecule has 4 rings (SSSR count). The molecule has 142 valence electrons. The van der Waals surface area contributed by atoms with Gasteiger partial charge in [0.25, 0.3) is 5.91 Å². The summed E-state index contributed by atoms with van der Waals surface area (Å²) in [7, 11) is 0. The highest BCUT2D eigenvalue weighted by Crippen LogP contribution is 2.61. The Morgan fingerprint density at radius 3 is 2.31 bits per heavy atom. The molecule has 0 heterocycles. The number of nitrogens with one attached hydrogen (secondary N) is 2. The molecule has 2 N–H and O–H groups in total. The Morgan fingerprint density at radius 2 is 1.81 bits per heavy atom. The molecule has 4 saturated carbocycles. The van der Waals surface area contributed by atoms with E-state index in [1.54, 1.807) is 6.92 Å². The zero-order valence-corrected chi connectivity index (χ0v) is 15.7. The van der Waals surface area contributed by atoms with Crippen molar-refractivity contribution in [1.29, 1.82) is 5.26 Å². The summed E-state index contributed by atoms with van der Waals surface area (Å²) < 4.78 is 4.81. The Balaban J connectivity index is 1.58. The predicted molar refractivity (Wildman–Crippen MR) is 96.5 cm³/mol. The molecule has 0 aromatic heterocycles. The molecule has 6 nitrogen and oxygen atoms in total. The SMILES string of the molecule is CCOC(=O)CN/C=C(/C#N)C(=O)NC(C)C12CC3CC(CC(C3)C1)C2. The first kappa shape index (κ1) is 18.8. The topological polar surface area (TPSA) is 91.2 Å². The van der Waals surface area contributed by atoms with Crippen LogP contribution in [0.5, 0.6) is 0 Å². The summed E-state index contributed by atoms with van der Waals surface area (Å²) in [4.78, 5) is 23.8. The summed E-state index contributed by atoms with van der Waals surface area (Å²) in [6, 6.07) is 1.98. The minimum Gasteiger partial charge on any atom is -0.465 e. The molecule has 4 aliphatic rings. The van der Waals surface area contributed by atoms with E-state index in [1.807, 2.05) is 6.07 Å². The van der Waals surface area contributed by atoms with Crippen LogP contribution in [0.3, 0.4) is 0 Å². The van der Waals surface area contributed by atoms with Gasteiger partial charge >= 0.3 is 5.97 Å². The van der Waals surface area contributed by atoms with Gasteiger partial charge in [0.2, 0.25) is 0 Å². The van der Waals surface area contributed by atoms with Gasteiger partial charge in [-0.3, -0.25) is 9.59 Å². The van der Waals surface area contributed by atoms with Crippen LogP contribution in [0.2, 0.25) is 0 Å². The van der Waals surface area contributed by atoms with Gasteiger partial charge in [-0.25, -0.2) is 0 Å². The smallest absolute Gasteiger partial charge is 0.325 e. The zero-order chi connectivity index (χ0) is 18.7. The van der Waals surface area contributed by atoms with Crippen LogP contribution in [0.25, 0.3) is 0 Å². The van der Waals surface area contributed by atoms with Crippen molar-refractivity contribution >= 4 is 11.9 Å². The Hall–Kier alpha value is -2.03. The summed E-state index contributed by atoms with van der Waals surface area (Å²) in [5.74, 6) is 1.67. The molecule has 0 aliphatic heterocycles. The minimum atomic E-state index is -0.414. The summed E-state index contributed by atoms with van der Waals surface area (Å²) in [6.45, 7) is 4.06. The molecule has 0 aromatic carbocycles. The fraction of sp³-hybridized carbons (Fsp3) is 0.750. The standard InChI is InChI=1S/C20H29N3O3/c1-3-26-18(24)12-22-11-17(10-21)19(25)23-13(2)20-7-14-4-15(8-20)6-16(5-14)9-20/h11,13-16,22H,3-9,12H2,1-2H3,(H,23,25)/b17-11-. The van der Waals surface area contributed by atoms with Crippen molar-refractivity contribution in [3.8, 4) is 6.07 Å². The molecule has 0 saturated heterocycles. The average Bonchev–Trinajstić information content (AvgIpc) is 2.57. The number of esters is 1. The van der Waals surface area contributed by atoms with Crippen molar-refractivity contribution in [2.75, 3.05) is 13.2 Å². The Labute approximate surface area is 155 Å². The number of rotatable bonds is 7. The number of carbonyl (C=O) groups is 2. The first-order valence-electron chi connectivity index (χ1n) is 9.76. The van der Waals surface area contributed by atoms with Crippen LogP contribution in [0.1, 0.15) is 52.4 Å². The second-order valence-electron chi connectivity index (χ2n) is 8.33. The lowest BCUT2D eigenvalue weighted by atomic mass is 9.48. The van der Waals surface area contributed by atoms with Crippen LogP contribution in [0, 0.1) is 34.5 Å². The maximum absolute atomic E-state index is 12.5. The number of nitrogens with zero attached hydrogens (tertiary/aromatic N) is 1. The first-order chi connectivity index (χ1) is 12.5. The number of hydrogen-bond acceptors (Lipinski definition) is 5. The molecule has 0 aromatic rings. The molecule has 1 atom stereocenters. The molecule has 1 unspecified atom stereocenters. The third kappa shape index (κ3) is 3.87. The van der Waals surface area contributed by atoms with E-state index in [-0.39, 0.29) is 29.5 Å². The van der Waals surface area contributed by atoms with Gasteiger partial charge in [-0.2, -0.15) is 5.26 Å². The van der Waals surface area contributed by atoms with Crippen molar-refractivity contribution < 1.29 is 14.3 Å². The average molecular weight is 359 g/mol. The van der Waals surface area contributed by atoms with Gasteiger partial charge in [0.15, 0.2) is 0 Å². The summed E-state index contributed by atoms with van der Waals surface area (Å²) in [5.41, 5.74) is 0.189. The highest BCUT2D eigenvalue weighted by molar-refractivity contribution is 5.97. The van der Waals surface area contributed by atoms with E-state index in [9.17, 15) is 14.9 Å². The van der Waals surface area contributed by atoms with E-state index in [1.165, 1.54) is 44.7 Å². The van der Waals surface area contributed by atoms with Crippen molar-refractivity contribution in [1.82, 2.24) is 10.6 Å². The van der Waals surface area contributed by atoms with E-state index < -0.39 is 5.97 Å². The predicted octanol–water partition coefficient (Wildman–Crippen LogP) is 2.27. The highest BCUT2D eigenvalue weighted by atomic mass is 16.5. The van der Waals surface area contributed by atoms with E-state index in [4.69, 9.17) is 4.74 Å². The molecule has 0 spiro atoms. The van der Waals surface area contributed by atoms with E-state index >= 15 is 0 Å². The molecular weight excluding hydrogens is 330 g/mol. The van der Waals surface area contributed by atoms with Crippen LogP contribution in [0.4, 0.5) is 0 Å². The Morgan fingerprint density at radius 1 is 1.23 bits per heavy atom. The summed E-state index contributed by atoms with van der Waals surface area (Å²) >= 11 is 0. The molecule has 26 heavy (non-hydrogen) atoms. The van der Waals surface area contributed by atoms with E-state index in [0.717, 1.165) is 17.8 Å². The largest absolute Gasteiger partial charge is 0.465 e. The van der Waals surface area contributed by atoms with Crippen LogP contribution in [-0.4, -0.2) is 31.1 Å². The van der Waals surface area contributed by atoms with Crippen LogP contribution in [-0.2, 0) is 14.3 Å².